The van der Waals surface area contributed by atoms with Gasteiger partial charge in [-0.05, 0) is 19.3 Å². The quantitative estimate of drug-likeness (QED) is 0.660. The third-order valence-electron chi connectivity index (χ3n) is 3.07. The summed E-state index contributed by atoms with van der Waals surface area (Å²) in [6.07, 6.45) is 5.03. The monoisotopic (exact) mass is 253 g/mol. The molecule has 0 unspecified atom stereocenters. The highest BCUT2D eigenvalue weighted by Gasteiger charge is 2.45. The first kappa shape index (κ1) is 12.3. The highest BCUT2D eigenvalue weighted by atomic mass is 16.4. The van der Waals surface area contributed by atoms with Crippen molar-refractivity contribution in [3.8, 4) is 0 Å². The van der Waals surface area contributed by atoms with Crippen LogP contribution in [0.4, 0.5) is 4.79 Å². The van der Waals surface area contributed by atoms with Gasteiger partial charge in [-0.2, -0.15) is 0 Å². The number of rotatable bonds is 5. The van der Waals surface area contributed by atoms with Crippen LogP contribution in [0.5, 0.6) is 0 Å². The molecule has 0 aliphatic heterocycles. The Hall–Kier alpha value is -2.12. The maximum atomic E-state index is 11.6. The highest BCUT2D eigenvalue weighted by molar-refractivity contribution is 5.87. The molecule has 98 valence electrons. The normalized spacial score (nSPS) is 16.7. The number of nitrogens with one attached hydrogen (secondary N) is 2. The van der Waals surface area contributed by atoms with Crippen molar-refractivity contribution >= 4 is 12.0 Å². The van der Waals surface area contributed by atoms with Gasteiger partial charge in [-0.15, -0.1) is 5.10 Å². The van der Waals surface area contributed by atoms with Gasteiger partial charge in [0.05, 0.1) is 12.7 Å². The van der Waals surface area contributed by atoms with E-state index in [1.807, 2.05) is 0 Å². The topological polar surface area (TPSA) is 109 Å². The number of urea groups is 1. The molecule has 0 bridgehead atoms. The molecule has 8 nitrogen and oxygen atoms in total. The zero-order chi connectivity index (χ0) is 13.0. The molecule has 1 aliphatic carbocycles. The molecule has 1 aliphatic rings. The van der Waals surface area contributed by atoms with Crippen LogP contribution in [-0.4, -0.2) is 44.2 Å². The SMILES string of the molecule is O=C(NCCn1ccnn1)NC1(C(=O)O)CCC1. The first-order chi connectivity index (χ1) is 8.62. The third-order valence-corrected chi connectivity index (χ3v) is 3.07. The highest BCUT2D eigenvalue weighted by Crippen LogP contribution is 2.31. The van der Waals surface area contributed by atoms with E-state index in [2.05, 4.69) is 20.9 Å². The summed E-state index contributed by atoms with van der Waals surface area (Å²) in [6, 6.07) is -0.461. The number of carboxylic acid groups (broad SMARTS) is 1. The predicted molar refractivity (Wildman–Crippen MR) is 60.8 cm³/mol. The smallest absolute Gasteiger partial charge is 0.329 e. The van der Waals surface area contributed by atoms with Crippen LogP contribution >= 0.6 is 0 Å². The molecule has 1 heterocycles. The van der Waals surface area contributed by atoms with Crippen LogP contribution in [0.1, 0.15) is 19.3 Å². The Morgan fingerprint density at radius 1 is 1.44 bits per heavy atom. The number of carbonyl (C=O) groups is 2. The van der Waals surface area contributed by atoms with Gasteiger partial charge in [0.25, 0.3) is 0 Å². The molecule has 1 aromatic heterocycles. The second-order valence-corrected chi connectivity index (χ2v) is 4.29. The number of aromatic nitrogens is 3. The van der Waals surface area contributed by atoms with Crippen LogP contribution in [-0.2, 0) is 11.3 Å². The zero-order valence-corrected chi connectivity index (χ0v) is 9.80. The molecule has 1 fully saturated rings. The standard InChI is InChI=1S/C10H15N5O3/c16-8(17)10(2-1-3-10)13-9(18)11-4-6-15-7-5-12-14-15/h5,7H,1-4,6H2,(H,16,17)(H2,11,13,18). The Morgan fingerprint density at radius 3 is 2.72 bits per heavy atom. The van der Waals surface area contributed by atoms with Crippen LogP contribution in [0.25, 0.3) is 0 Å². The van der Waals surface area contributed by atoms with Gasteiger partial charge in [0.15, 0.2) is 0 Å². The van der Waals surface area contributed by atoms with Gasteiger partial charge in [0.1, 0.15) is 5.54 Å². The molecular formula is C10H15N5O3. The molecule has 3 N–H and O–H groups in total. The maximum absolute atomic E-state index is 11.6. The first-order valence-corrected chi connectivity index (χ1v) is 5.76. The van der Waals surface area contributed by atoms with Crippen molar-refractivity contribution in [3.05, 3.63) is 12.4 Å². The lowest BCUT2D eigenvalue weighted by Crippen LogP contribution is -2.61. The van der Waals surface area contributed by atoms with Crippen molar-refractivity contribution < 1.29 is 14.7 Å². The summed E-state index contributed by atoms with van der Waals surface area (Å²) in [5.41, 5.74) is -1.07. The number of nitrogens with zero attached hydrogens (tertiary/aromatic N) is 3. The summed E-state index contributed by atoms with van der Waals surface area (Å²) in [7, 11) is 0. The Bertz CT molecular complexity index is 427. The minimum Gasteiger partial charge on any atom is -0.480 e. The lowest BCUT2D eigenvalue weighted by Gasteiger charge is -2.38. The second-order valence-electron chi connectivity index (χ2n) is 4.29. The number of carboxylic acids is 1. The average Bonchev–Trinajstić information content (AvgIpc) is 2.76. The van der Waals surface area contributed by atoms with Gasteiger partial charge in [0, 0.05) is 12.7 Å². The van der Waals surface area contributed by atoms with Crippen LogP contribution in [0.15, 0.2) is 12.4 Å². The fraction of sp³-hybridized carbons (Fsp3) is 0.600. The fourth-order valence-corrected chi connectivity index (χ4v) is 1.82. The number of carbonyl (C=O) groups excluding carboxylic acids is 1. The summed E-state index contributed by atoms with van der Waals surface area (Å²) in [5, 5.41) is 21.5. The molecule has 1 aromatic rings. The summed E-state index contributed by atoms with van der Waals surface area (Å²) >= 11 is 0. The summed E-state index contributed by atoms with van der Waals surface area (Å²) in [6.45, 7) is 0.860. The first-order valence-electron chi connectivity index (χ1n) is 5.76. The Labute approximate surface area is 103 Å². The molecule has 0 atom stereocenters. The van der Waals surface area contributed by atoms with E-state index in [0.29, 0.717) is 25.9 Å². The Morgan fingerprint density at radius 2 is 2.22 bits per heavy atom. The molecular weight excluding hydrogens is 238 g/mol. The van der Waals surface area contributed by atoms with E-state index < -0.39 is 17.5 Å². The van der Waals surface area contributed by atoms with Crippen molar-refractivity contribution in [2.24, 2.45) is 0 Å². The summed E-state index contributed by atoms with van der Waals surface area (Å²) in [4.78, 5) is 22.6. The van der Waals surface area contributed by atoms with E-state index in [1.54, 1.807) is 17.1 Å². The molecule has 0 spiro atoms. The molecule has 0 aromatic carbocycles. The molecule has 2 rings (SSSR count). The van der Waals surface area contributed by atoms with Crippen LogP contribution in [0, 0.1) is 0 Å². The van der Waals surface area contributed by atoms with Crippen molar-refractivity contribution in [2.45, 2.75) is 31.3 Å². The van der Waals surface area contributed by atoms with E-state index >= 15 is 0 Å². The average molecular weight is 253 g/mol. The molecule has 0 radical (unpaired) electrons. The van der Waals surface area contributed by atoms with E-state index in [1.165, 1.54) is 0 Å². The predicted octanol–water partition coefficient (Wildman–Crippen LogP) is -0.415. The van der Waals surface area contributed by atoms with E-state index in [-0.39, 0.29) is 0 Å². The summed E-state index contributed by atoms with van der Waals surface area (Å²) in [5.74, 6) is -0.972. The Balaban J connectivity index is 1.73. The largest absolute Gasteiger partial charge is 0.480 e. The van der Waals surface area contributed by atoms with Crippen LogP contribution in [0.3, 0.4) is 0 Å². The minimum absolute atomic E-state index is 0.366. The fourth-order valence-electron chi connectivity index (χ4n) is 1.82. The molecule has 18 heavy (non-hydrogen) atoms. The number of amides is 2. The van der Waals surface area contributed by atoms with Crippen LogP contribution in [0.2, 0.25) is 0 Å². The van der Waals surface area contributed by atoms with Gasteiger partial charge in [-0.1, -0.05) is 5.21 Å². The van der Waals surface area contributed by atoms with Crippen LogP contribution < -0.4 is 10.6 Å². The van der Waals surface area contributed by atoms with Crippen molar-refractivity contribution in [2.75, 3.05) is 6.54 Å². The number of hydrogen-bond donors (Lipinski definition) is 3. The van der Waals surface area contributed by atoms with Crippen molar-refractivity contribution in [1.82, 2.24) is 25.6 Å². The maximum Gasteiger partial charge on any atom is 0.329 e. The van der Waals surface area contributed by atoms with E-state index in [4.69, 9.17) is 5.11 Å². The van der Waals surface area contributed by atoms with Gasteiger partial charge in [0.2, 0.25) is 0 Å². The number of hydrogen-bond acceptors (Lipinski definition) is 4. The number of aliphatic carboxylic acids is 1. The van der Waals surface area contributed by atoms with E-state index in [0.717, 1.165) is 6.42 Å². The molecule has 8 heteroatoms. The lowest BCUT2D eigenvalue weighted by molar-refractivity contribution is -0.148. The van der Waals surface area contributed by atoms with Crippen molar-refractivity contribution in [1.29, 1.82) is 0 Å². The van der Waals surface area contributed by atoms with Gasteiger partial charge >= 0.3 is 12.0 Å². The molecule has 0 saturated heterocycles. The van der Waals surface area contributed by atoms with Gasteiger partial charge in [-0.3, -0.25) is 4.68 Å². The molecule has 1 saturated carbocycles. The molecule has 2 amide bonds. The van der Waals surface area contributed by atoms with Gasteiger partial charge in [-0.25, -0.2) is 9.59 Å². The second kappa shape index (κ2) is 5.03. The van der Waals surface area contributed by atoms with E-state index in [9.17, 15) is 9.59 Å². The van der Waals surface area contributed by atoms with Gasteiger partial charge < -0.3 is 15.7 Å². The Kier molecular flexibility index (Phi) is 3.45. The minimum atomic E-state index is -1.07. The van der Waals surface area contributed by atoms with Crippen molar-refractivity contribution in [3.63, 3.8) is 0 Å². The third kappa shape index (κ3) is 2.58. The lowest BCUT2D eigenvalue weighted by atomic mass is 9.77. The summed E-state index contributed by atoms with van der Waals surface area (Å²) < 4.78 is 1.58. The zero-order valence-electron chi connectivity index (χ0n) is 9.80.